The monoisotopic (exact) mass is 374 g/mol. The van der Waals surface area contributed by atoms with Crippen molar-refractivity contribution in [2.75, 3.05) is 20.1 Å². The predicted molar refractivity (Wildman–Crippen MR) is 98.2 cm³/mol. The van der Waals surface area contributed by atoms with Gasteiger partial charge in [-0.25, -0.2) is 8.42 Å². The topological polar surface area (TPSA) is 86.7 Å². The number of nitrogens with zero attached hydrogens (tertiary/aromatic N) is 1. The van der Waals surface area contributed by atoms with Crippen molar-refractivity contribution in [2.45, 2.75) is 23.3 Å². The zero-order valence-corrected chi connectivity index (χ0v) is 15.4. The summed E-state index contributed by atoms with van der Waals surface area (Å²) in [5.41, 5.74) is 0.214. The van der Waals surface area contributed by atoms with Crippen LogP contribution in [0.2, 0.25) is 0 Å². The van der Waals surface area contributed by atoms with Gasteiger partial charge >= 0.3 is 0 Å². The second-order valence-electron chi connectivity index (χ2n) is 6.41. The first-order valence-electron chi connectivity index (χ1n) is 8.47. The summed E-state index contributed by atoms with van der Waals surface area (Å²) in [7, 11) is -2.13. The first kappa shape index (κ1) is 18.6. The Hall–Kier alpha value is -2.22. The Morgan fingerprint density at radius 3 is 2.15 bits per heavy atom. The van der Waals surface area contributed by atoms with Gasteiger partial charge in [0.1, 0.15) is 0 Å². The lowest BCUT2D eigenvalue weighted by atomic mass is 9.85. The number of sulfonamides is 1. The number of carbonyl (C=O) groups is 1. The molecule has 138 valence electrons. The molecular formula is C19H22N2O4S. The maximum atomic E-state index is 12.8. The Kier molecular flexibility index (Phi) is 5.13. The molecule has 1 aliphatic rings. The molecule has 1 fully saturated rings. The summed E-state index contributed by atoms with van der Waals surface area (Å²) >= 11 is 0. The van der Waals surface area contributed by atoms with Crippen LogP contribution in [-0.4, -0.2) is 43.9 Å². The highest BCUT2D eigenvalue weighted by atomic mass is 32.2. The zero-order valence-electron chi connectivity index (χ0n) is 14.6. The van der Waals surface area contributed by atoms with Gasteiger partial charge in [-0.2, -0.15) is 4.31 Å². The standard InChI is InChI=1S/C19H22N2O4S/c1-20-18(22)15-7-9-17(10-8-15)26(24,25)21-13-11-19(23,12-14-21)16-5-3-2-4-6-16/h2-10,23H,11-14H2,1H3,(H,20,22). The minimum atomic E-state index is -3.65. The van der Waals surface area contributed by atoms with E-state index in [1.54, 1.807) is 0 Å². The molecule has 1 aliphatic heterocycles. The fraction of sp³-hybridized carbons (Fsp3) is 0.316. The van der Waals surface area contributed by atoms with E-state index >= 15 is 0 Å². The molecule has 0 bridgehead atoms. The van der Waals surface area contributed by atoms with Crippen molar-refractivity contribution in [1.82, 2.24) is 9.62 Å². The molecule has 1 heterocycles. The molecule has 0 aliphatic carbocycles. The summed E-state index contributed by atoms with van der Waals surface area (Å²) in [5, 5.41) is 13.4. The Morgan fingerprint density at radius 2 is 1.62 bits per heavy atom. The van der Waals surface area contributed by atoms with Crippen molar-refractivity contribution in [3.05, 3.63) is 65.7 Å². The number of hydrogen-bond donors (Lipinski definition) is 2. The number of carbonyl (C=O) groups excluding carboxylic acids is 1. The highest BCUT2D eigenvalue weighted by molar-refractivity contribution is 7.89. The first-order chi connectivity index (χ1) is 12.4. The highest BCUT2D eigenvalue weighted by Crippen LogP contribution is 2.34. The van der Waals surface area contributed by atoms with Crippen molar-refractivity contribution in [3.8, 4) is 0 Å². The van der Waals surface area contributed by atoms with Crippen molar-refractivity contribution in [2.24, 2.45) is 0 Å². The van der Waals surface area contributed by atoms with Crippen LogP contribution in [-0.2, 0) is 15.6 Å². The Morgan fingerprint density at radius 1 is 1.04 bits per heavy atom. The van der Waals surface area contributed by atoms with Gasteiger partial charge in [-0.3, -0.25) is 4.79 Å². The third kappa shape index (κ3) is 3.51. The van der Waals surface area contributed by atoms with E-state index in [1.807, 2.05) is 30.3 Å². The van der Waals surface area contributed by atoms with E-state index in [0.29, 0.717) is 18.4 Å². The molecule has 7 heteroatoms. The summed E-state index contributed by atoms with van der Waals surface area (Å²) in [6.07, 6.45) is 0.680. The summed E-state index contributed by atoms with van der Waals surface area (Å²) in [6, 6.07) is 15.2. The largest absolute Gasteiger partial charge is 0.385 e. The molecule has 26 heavy (non-hydrogen) atoms. The van der Waals surface area contributed by atoms with Crippen LogP contribution >= 0.6 is 0 Å². The normalized spacial score (nSPS) is 17.6. The maximum Gasteiger partial charge on any atom is 0.251 e. The summed E-state index contributed by atoms with van der Waals surface area (Å²) in [6.45, 7) is 0.482. The molecule has 0 spiro atoms. The second-order valence-corrected chi connectivity index (χ2v) is 8.34. The Balaban J connectivity index is 1.75. The van der Waals surface area contributed by atoms with E-state index in [0.717, 1.165) is 5.56 Å². The minimum Gasteiger partial charge on any atom is -0.385 e. The van der Waals surface area contributed by atoms with Crippen molar-refractivity contribution in [1.29, 1.82) is 0 Å². The average molecular weight is 374 g/mol. The van der Waals surface area contributed by atoms with Crippen LogP contribution in [0.15, 0.2) is 59.5 Å². The van der Waals surface area contributed by atoms with Gasteiger partial charge in [-0.15, -0.1) is 0 Å². The van der Waals surface area contributed by atoms with Crippen LogP contribution in [0, 0.1) is 0 Å². The van der Waals surface area contributed by atoms with Gasteiger partial charge in [0.25, 0.3) is 5.91 Å². The molecule has 0 aromatic heterocycles. The molecule has 0 unspecified atom stereocenters. The minimum absolute atomic E-state index is 0.148. The van der Waals surface area contributed by atoms with E-state index in [1.165, 1.54) is 35.6 Å². The van der Waals surface area contributed by atoms with E-state index in [9.17, 15) is 18.3 Å². The van der Waals surface area contributed by atoms with Crippen molar-refractivity contribution >= 4 is 15.9 Å². The SMILES string of the molecule is CNC(=O)c1ccc(S(=O)(=O)N2CCC(O)(c3ccccc3)CC2)cc1. The molecule has 1 amide bonds. The van der Waals surface area contributed by atoms with Crippen LogP contribution in [0.25, 0.3) is 0 Å². The maximum absolute atomic E-state index is 12.8. The van der Waals surface area contributed by atoms with Gasteiger partial charge in [0, 0.05) is 25.7 Å². The highest BCUT2D eigenvalue weighted by Gasteiger charge is 2.38. The molecular weight excluding hydrogens is 352 g/mol. The summed E-state index contributed by atoms with van der Waals surface area (Å²) < 4.78 is 27.0. The van der Waals surface area contributed by atoms with Gasteiger partial charge in [0.05, 0.1) is 10.5 Å². The number of benzene rings is 2. The van der Waals surface area contributed by atoms with Crippen molar-refractivity contribution < 1.29 is 18.3 Å². The van der Waals surface area contributed by atoms with Crippen molar-refractivity contribution in [3.63, 3.8) is 0 Å². The lowest BCUT2D eigenvalue weighted by Gasteiger charge is -2.37. The lowest BCUT2D eigenvalue weighted by Crippen LogP contribution is -2.45. The Bertz CT molecular complexity index is 872. The number of piperidine rings is 1. The first-order valence-corrected chi connectivity index (χ1v) is 9.91. The van der Waals surface area contributed by atoms with Gasteiger partial charge in [0.2, 0.25) is 10.0 Å². The molecule has 6 nitrogen and oxygen atoms in total. The lowest BCUT2D eigenvalue weighted by molar-refractivity contribution is -0.00961. The summed E-state index contributed by atoms with van der Waals surface area (Å²) in [5.74, 6) is -0.264. The van der Waals surface area contributed by atoms with Crippen LogP contribution in [0.3, 0.4) is 0 Å². The van der Waals surface area contributed by atoms with Crippen LogP contribution < -0.4 is 5.32 Å². The van der Waals surface area contributed by atoms with Gasteiger partial charge in [-0.1, -0.05) is 30.3 Å². The predicted octanol–water partition coefficient (Wildman–Crippen LogP) is 1.72. The molecule has 2 aromatic rings. The number of rotatable bonds is 4. The third-order valence-electron chi connectivity index (χ3n) is 4.84. The molecule has 1 saturated heterocycles. The van der Waals surface area contributed by atoms with Crippen LogP contribution in [0.5, 0.6) is 0 Å². The fourth-order valence-electron chi connectivity index (χ4n) is 3.21. The smallest absolute Gasteiger partial charge is 0.251 e. The van der Waals surface area contributed by atoms with Crippen LogP contribution in [0.4, 0.5) is 0 Å². The third-order valence-corrected chi connectivity index (χ3v) is 6.75. The van der Waals surface area contributed by atoms with E-state index in [-0.39, 0.29) is 23.9 Å². The molecule has 2 N–H and O–H groups in total. The Labute approximate surface area is 153 Å². The van der Waals surface area contributed by atoms with Gasteiger partial charge in [-0.05, 0) is 42.7 Å². The molecule has 0 saturated carbocycles. The van der Waals surface area contributed by atoms with E-state index in [2.05, 4.69) is 5.32 Å². The fourth-order valence-corrected chi connectivity index (χ4v) is 4.65. The van der Waals surface area contributed by atoms with Gasteiger partial charge in [0.15, 0.2) is 0 Å². The van der Waals surface area contributed by atoms with Crippen LogP contribution in [0.1, 0.15) is 28.8 Å². The molecule has 0 atom stereocenters. The second kappa shape index (κ2) is 7.19. The number of aliphatic hydroxyl groups is 1. The molecule has 0 radical (unpaired) electrons. The van der Waals surface area contributed by atoms with Gasteiger partial charge < -0.3 is 10.4 Å². The number of nitrogens with one attached hydrogen (secondary N) is 1. The average Bonchev–Trinajstić information content (AvgIpc) is 2.68. The zero-order chi connectivity index (χ0) is 18.8. The molecule has 2 aromatic carbocycles. The number of amides is 1. The van der Waals surface area contributed by atoms with E-state index in [4.69, 9.17) is 0 Å². The quantitative estimate of drug-likeness (QED) is 0.853. The molecule has 3 rings (SSSR count). The van der Waals surface area contributed by atoms with E-state index < -0.39 is 15.6 Å². The summed E-state index contributed by atoms with van der Waals surface area (Å²) in [4.78, 5) is 11.7. The number of hydrogen-bond acceptors (Lipinski definition) is 4.